The predicted octanol–water partition coefficient (Wildman–Crippen LogP) is 4.87. The average molecular weight is 441 g/mol. The Balaban J connectivity index is 1.38. The second-order valence-electron chi connectivity index (χ2n) is 9.15. The van der Waals surface area contributed by atoms with E-state index in [2.05, 4.69) is 45.9 Å². The van der Waals surface area contributed by atoms with E-state index in [1.54, 1.807) is 0 Å². The largest absolute Gasteiger partial charge is 0.342 e. The summed E-state index contributed by atoms with van der Waals surface area (Å²) in [5, 5.41) is 0. The summed E-state index contributed by atoms with van der Waals surface area (Å²) in [4.78, 5) is 36.4. The van der Waals surface area contributed by atoms with Gasteiger partial charge in [0.2, 0.25) is 0 Å². The van der Waals surface area contributed by atoms with Crippen LogP contribution in [0.15, 0.2) is 49.1 Å². The van der Waals surface area contributed by atoms with Gasteiger partial charge in [-0.1, -0.05) is 13.8 Å². The van der Waals surface area contributed by atoms with Crippen molar-refractivity contribution in [1.82, 2.24) is 29.8 Å². The molecule has 1 atom stereocenters. The van der Waals surface area contributed by atoms with Gasteiger partial charge in [0.1, 0.15) is 12.2 Å². The molecular weight excluding hydrogens is 412 g/mol. The minimum atomic E-state index is 0.0617. The molecule has 4 aromatic rings. The molecule has 0 spiro atoms. The van der Waals surface area contributed by atoms with Crippen molar-refractivity contribution in [1.29, 1.82) is 0 Å². The first-order valence-corrected chi connectivity index (χ1v) is 11.5. The SMILES string of the molecule is Cc1cc(-c2cncnc2)cc([C@H]2CCCN(C(=O)c3ccc4nc(C(C)C)[nH]c4c3)C2)n1. The summed E-state index contributed by atoms with van der Waals surface area (Å²) < 4.78 is 0. The van der Waals surface area contributed by atoms with Gasteiger partial charge >= 0.3 is 0 Å². The number of H-pyrrole nitrogens is 1. The lowest BCUT2D eigenvalue weighted by Gasteiger charge is -2.33. The molecule has 1 fully saturated rings. The fourth-order valence-electron chi connectivity index (χ4n) is 4.54. The molecular formula is C26H28N6O. The van der Waals surface area contributed by atoms with Gasteiger partial charge < -0.3 is 9.88 Å². The topological polar surface area (TPSA) is 87.7 Å². The smallest absolute Gasteiger partial charge is 0.253 e. The minimum Gasteiger partial charge on any atom is -0.342 e. The van der Waals surface area contributed by atoms with Crippen LogP contribution in [0, 0.1) is 6.92 Å². The summed E-state index contributed by atoms with van der Waals surface area (Å²) >= 11 is 0. The van der Waals surface area contributed by atoms with Gasteiger partial charge in [-0.05, 0) is 55.7 Å². The Morgan fingerprint density at radius 1 is 1.09 bits per heavy atom. The molecule has 5 rings (SSSR count). The van der Waals surface area contributed by atoms with Crippen LogP contribution in [0.4, 0.5) is 0 Å². The van der Waals surface area contributed by atoms with Gasteiger partial charge in [0.05, 0.1) is 11.0 Å². The summed E-state index contributed by atoms with van der Waals surface area (Å²) in [6.07, 6.45) is 7.15. The average Bonchev–Trinajstić information content (AvgIpc) is 3.28. The van der Waals surface area contributed by atoms with Gasteiger partial charge in [0, 0.05) is 59.8 Å². The molecule has 1 N–H and O–H groups in total. The zero-order chi connectivity index (χ0) is 22.9. The third kappa shape index (κ3) is 4.35. The number of rotatable bonds is 4. The molecule has 1 aliphatic heterocycles. The lowest BCUT2D eigenvalue weighted by atomic mass is 9.92. The molecule has 0 unspecified atom stereocenters. The molecule has 0 bridgehead atoms. The maximum absolute atomic E-state index is 13.4. The normalized spacial score (nSPS) is 16.5. The number of aromatic amines is 1. The number of aryl methyl sites for hydroxylation is 1. The standard InChI is InChI=1S/C26H28N6O/c1-16(2)25-30-22-7-6-18(10-24(22)31-25)26(33)32-8-4-5-19(14-32)23-11-20(9-17(3)29-23)21-12-27-15-28-13-21/h6-7,9-13,15-16,19H,4-5,8,14H2,1-3H3,(H,30,31)/t19-/m0/s1. The van der Waals surface area contributed by atoms with Crippen molar-refractivity contribution < 1.29 is 4.79 Å². The quantitative estimate of drug-likeness (QED) is 0.489. The van der Waals surface area contributed by atoms with E-state index in [-0.39, 0.29) is 11.8 Å². The van der Waals surface area contributed by atoms with Crippen LogP contribution in [0.1, 0.15) is 66.1 Å². The monoisotopic (exact) mass is 440 g/mol. The van der Waals surface area contributed by atoms with Crippen LogP contribution >= 0.6 is 0 Å². The number of fused-ring (bicyclic) bond motifs is 1. The Labute approximate surface area is 193 Å². The van der Waals surface area contributed by atoms with Crippen molar-refractivity contribution in [2.75, 3.05) is 13.1 Å². The number of hydrogen-bond donors (Lipinski definition) is 1. The number of piperidine rings is 1. The Bertz CT molecular complexity index is 1300. The van der Waals surface area contributed by atoms with E-state index in [0.717, 1.165) is 58.8 Å². The number of nitrogens with one attached hydrogen (secondary N) is 1. The fourth-order valence-corrected chi connectivity index (χ4v) is 4.54. The second kappa shape index (κ2) is 8.73. The Kier molecular flexibility index (Phi) is 5.62. The van der Waals surface area contributed by atoms with Crippen molar-refractivity contribution in [2.45, 2.75) is 45.4 Å². The molecule has 3 aromatic heterocycles. The van der Waals surface area contributed by atoms with E-state index in [4.69, 9.17) is 4.98 Å². The zero-order valence-electron chi connectivity index (χ0n) is 19.2. The lowest BCUT2D eigenvalue weighted by Crippen LogP contribution is -2.39. The maximum Gasteiger partial charge on any atom is 0.253 e. The molecule has 7 nitrogen and oxygen atoms in total. The van der Waals surface area contributed by atoms with E-state index in [1.165, 1.54) is 6.33 Å². The lowest BCUT2D eigenvalue weighted by molar-refractivity contribution is 0.0706. The van der Waals surface area contributed by atoms with Gasteiger partial charge in [-0.3, -0.25) is 9.78 Å². The van der Waals surface area contributed by atoms with Crippen molar-refractivity contribution in [3.8, 4) is 11.1 Å². The number of amides is 1. The molecule has 1 aromatic carbocycles. The number of nitrogens with zero attached hydrogens (tertiary/aromatic N) is 5. The van der Waals surface area contributed by atoms with Crippen LogP contribution in [-0.4, -0.2) is 48.8 Å². The Morgan fingerprint density at radius 2 is 1.91 bits per heavy atom. The van der Waals surface area contributed by atoms with Crippen LogP contribution in [0.5, 0.6) is 0 Å². The number of benzene rings is 1. The molecule has 1 saturated heterocycles. The molecule has 1 amide bonds. The van der Waals surface area contributed by atoms with Crippen LogP contribution in [0.3, 0.4) is 0 Å². The van der Waals surface area contributed by atoms with E-state index in [9.17, 15) is 4.79 Å². The van der Waals surface area contributed by atoms with Crippen molar-refractivity contribution in [3.63, 3.8) is 0 Å². The molecule has 0 radical (unpaired) electrons. The first kappa shape index (κ1) is 21.2. The van der Waals surface area contributed by atoms with E-state index in [0.29, 0.717) is 18.0 Å². The van der Waals surface area contributed by atoms with Crippen molar-refractivity contribution >= 4 is 16.9 Å². The third-order valence-corrected chi connectivity index (χ3v) is 6.29. The van der Waals surface area contributed by atoms with E-state index in [1.807, 2.05) is 42.4 Å². The first-order chi connectivity index (χ1) is 16.0. The van der Waals surface area contributed by atoms with Gasteiger partial charge in [-0.25, -0.2) is 15.0 Å². The summed E-state index contributed by atoms with van der Waals surface area (Å²) in [6, 6.07) is 9.92. The van der Waals surface area contributed by atoms with Crippen LogP contribution in [0.25, 0.3) is 22.2 Å². The number of carbonyl (C=O) groups excluding carboxylic acids is 1. The molecule has 0 aliphatic carbocycles. The van der Waals surface area contributed by atoms with Crippen molar-refractivity contribution in [2.24, 2.45) is 0 Å². The highest BCUT2D eigenvalue weighted by Crippen LogP contribution is 2.30. The summed E-state index contributed by atoms with van der Waals surface area (Å²) in [5.41, 5.74) is 6.52. The number of likely N-dealkylation sites (tertiary alicyclic amines) is 1. The van der Waals surface area contributed by atoms with Gasteiger partial charge in [-0.15, -0.1) is 0 Å². The highest BCUT2D eigenvalue weighted by Gasteiger charge is 2.27. The molecule has 1 aliphatic rings. The fraction of sp³-hybridized carbons (Fsp3) is 0.346. The van der Waals surface area contributed by atoms with Gasteiger partial charge in [-0.2, -0.15) is 0 Å². The molecule has 7 heteroatoms. The third-order valence-electron chi connectivity index (χ3n) is 6.29. The molecule has 168 valence electrons. The number of imidazole rings is 1. The van der Waals surface area contributed by atoms with E-state index < -0.39 is 0 Å². The molecule has 4 heterocycles. The first-order valence-electron chi connectivity index (χ1n) is 11.5. The summed E-state index contributed by atoms with van der Waals surface area (Å²) in [6.45, 7) is 7.64. The number of aromatic nitrogens is 5. The predicted molar refractivity (Wildman–Crippen MR) is 128 cm³/mol. The highest BCUT2D eigenvalue weighted by molar-refractivity contribution is 5.97. The zero-order valence-corrected chi connectivity index (χ0v) is 19.2. The van der Waals surface area contributed by atoms with Crippen LogP contribution in [0.2, 0.25) is 0 Å². The number of carbonyl (C=O) groups is 1. The Hall–Kier alpha value is -3.61. The van der Waals surface area contributed by atoms with Crippen LogP contribution in [-0.2, 0) is 0 Å². The molecule has 33 heavy (non-hydrogen) atoms. The number of hydrogen-bond acceptors (Lipinski definition) is 5. The van der Waals surface area contributed by atoms with Gasteiger partial charge in [0.15, 0.2) is 0 Å². The number of pyridine rings is 1. The maximum atomic E-state index is 13.4. The van der Waals surface area contributed by atoms with Crippen LogP contribution < -0.4 is 0 Å². The second-order valence-corrected chi connectivity index (χ2v) is 9.15. The highest BCUT2D eigenvalue weighted by atomic mass is 16.2. The van der Waals surface area contributed by atoms with E-state index >= 15 is 0 Å². The Morgan fingerprint density at radius 3 is 2.70 bits per heavy atom. The van der Waals surface area contributed by atoms with Crippen molar-refractivity contribution in [3.05, 3.63) is 71.8 Å². The summed E-state index contributed by atoms with van der Waals surface area (Å²) in [5.74, 6) is 1.52. The summed E-state index contributed by atoms with van der Waals surface area (Å²) in [7, 11) is 0. The minimum absolute atomic E-state index is 0.0617. The molecule has 0 saturated carbocycles. The van der Waals surface area contributed by atoms with Gasteiger partial charge in [0.25, 0.3) is 5.91 Å².